The van der Waals surface area contributed by atoms with E-state index in [-0.39, 0.29) is 12.3 Å². The first-order chi connectivity index (χ1) is 12.6. The molecule has 0 atom stereocenters. The molecule has 0 saturated carbocycles. The van der Waals surface area contributed by atoms with Crippen LogP contribution in [0.2, 0.25) is 0 Å². The van der Waals surface area contributed by atoms with Crippen molar-refractivity contribution in [1.82, 2.24) is 14.5 Å². The van der Waals surface area contributed by atoms with Crippen LogP contribution in [0.25, 0.3) is 0 Å². The number of rotatable bonds is 8. The summed E-state index contributed by atoms with van der Waals surface area (Å²) >= 11 is 0. The maximum atomic E-state index is 9.23. The first-order valence-corrected chi connectivity index (χ1v) is 8.44. The number of nitrogens with one attached hydrogen (secondary N) is 1. The van der Waals surface area contributed by atoms with Gasteiger partial charge in [-0.25, -0.2) is 4.98 Å². The molecule has 0 saturated heterocycles. The number of ether oxygens (including phenoxy) is 1. The molecule has 0 amide bonds. The number of imidazole rings is 1. The van der Waals surface area contributed by atoms with Gasteiger partial charge in [0.1, 0.15) is 11.8 Å². The maximum absolute atomic E-state index is 9.23. The molecule has 0 aliphatic heterocycles. The molecule has 0 aliphatic rings. The van der Waals surface area contributed by atoms with Crippen molar-refractivity contribution in [2.45, 2.75) is 33.4 Å². The highest BCUT2D eigenvalue weighted by Gasteiger charge is 2.13. The number of benzene rings is 1. The van der Waals surface area contributed by atoms with Crippen molar-refractivity contribution in [3.05, 3.63) is 59.6 Å². The first kappa shape index (κ1) is 17.5. The minimum absolute atomic E-state index is 0.175. The fourth-order valence-electron chi connectivity index (χ4n) is 2.67. The van der Waals surface area contributed by atoms with Crippen LogP contribution in [0.3, 0.4) is 0 Å². The van der Waals surface area contributed by atoms with Crippen LogP contribution >= 0.6 is 0 Å². The van der Waals surface area contributed by atoms with Crippen molar-refractivity contribution in [2.24, 2.45) is 0 Å². The van der Waals surface area contributed by atoms with Crippen LogP contribution < -0.4 is 10.1 Å². The van der Waals surface area contributed by atoms with Crippen molar-refractivity contribution < 1.29 is 9.15 Å². The number of aryl methyl sites for hydroxylation is 3. The van der Waals surface area contributed by atoms with E-state index in [2.05, 4.69) is 21.4 Å². The summed E-state index contributed by atoms with van der Waals surface area (Å²) in [5.74, 6) is 1.52. The second-order valence-electron chi connectivity index (χ2n) is 6.09. The monoisotopic (exact) mass is 351 g/mol. The lowest BCUT2D eigenvalue weighted by atomic mass is 10.1. The lowest BCUT2D eigenvalue weighted by Gasteiger charge is -2.06. The van der Waals surface area contributed by atoms with E-state index < -0.39 is 0 Å². The van der Waals surface area contributed by atoms with Crippen molar-refractivity contribution in [3.63, 3.8) is 0 Å². The second-order valence-corrected chi connectivity index (χ2v) is 6.09. The van der Waals surface area contributed by atoms with Gasteiger partial charge in [-0.2, -0.15) is 10.2 Å². The molecule has 2 aromatic heterocycles. The summed E-state index contributed by atoms with van der Waals surface area (Å²) in [6.45, 7) is 5.72. The molecular weight excluding hydrogens is 330 g/mol. The number of hydrogen-bond donors (Lipinski definition) is 1. The predicted octanol–water partition coefficient (Wildman–Crippen LogP) is 3.44. The van der Waals surface area contributed by atoms with Gasteiger partial charge in [0.25, 0.3) is 0 Å². The highest BCUT2D eigenvalue weighted by atomic mass is 16.5. The zero-order valence-corrected chi connectivity index (χ0v) is 14.9. The number of aromatic nitrogens is 3. The van der Waals surface area contributed by atoms with Crippen molar-refractivity contribution in [3.8, 4) is 11.8 Å². The number of hydrogen-bond acceptors (Lipinski definition) is 6. The smallest absolute Gasteiger partial charge is 0.236 e. The van der Waals surface area contributed by atoms with Gasteiger partial charge in [0, 0.05) is 25.5 Å². The van der Waals surface area contributed by atoms with Crippen LogP contribution in [-0.4, -0.2) is 21.1 Å². The Morgan fingerprint density at radius 1 is 1.27 bits per heavy atom. The van der Waals surface area contributed by atoms with Gasteiger partial charge < -0.3 is 19.0 Å². The molecule has 26 heavy (non-hydrogen) atoms. The normalized spacial score (nSPS) is 10.5. The van der Waals surface area contributed by atoms with Crippen LogP contribution in [0.1, 0.15) is 29.1 Å². The molecule has 3 rings (SSSR count). The van der Waals surface area contributed by atoms with E-state index in [1.165, 1.54) is 0 Å². The number of nitriles is 1. The molecule has 134 valence electrons. The van der Waals surface area contributed by atoms with E-state index in [0.29, 0.717) is 18.3 Å². The van der Waals surface area contributed by atoms with Crippen LogP contribution in [-0.2, 0) is 13.2 Å². The first-order valence-electron chi connectivity index (χ1n) is 8.44. The third-order valence-corrected chi connectivity index (χ3v) is 3.77. The predicted molar refractivity (Wildman–Crippen MR) is 96.8 cm³/mol. The third kappa shape index (κ3) is 4.63. The standard InChI is InChI=1S/C19H21N5O2/c1-14-8-15(2)10-16(9-14)25-12-18-23-17(11-20)19(26-18)22-4-3-6-24-7-5-21-13-24/h5,7-10,13,22H,3-4,6,12H2,1-2H3. The Hall–Kier alpha value is -3.27. The summed E-state index contributed by atoms with van der Waals surface area (Å²) in [4.78, 5) is 8.19. The average molecular weight is 351 g/mol. The number of oxazole rings is 1. The summed E-state index contributed by atoms with van der Waals surface area (Å²) < 4.78 is 13.4. The van der Waals surface area contributed by atoms with Gasteiger partial charge in [-0.3, -0.25) is 0 Å². The van der Waals surface area contributed by atoms with Gasteiger partial charge in [0.2, 0.25) is 17.5 Å². The van der Waals surface area contributed by atoms with Gasteiger partial charge in [-0.05, 0) is 43.5 Å². The largest absolute Gasteiger partial charge is 0.484 e. The van der Waals surface area contributed by atoms with E-state index in [9.17, 15) is 5.26 Å². The quantitative estimate of drug-likeness (QED) is 0.625. The number of anilines is 1. The zero-order valence-electron chi connectivity index (χ0n) is 14.9. The van der Waals surface area contributed by atoms with Crippen molar-refractivity contribution in [2.75, 3.05) is 11.9 Å². The Morgan fingerprint density at radius 2 is 2.08 bits per heavy atom. The molecule has 7 heteroatoms. The van der Waals surface area contributed by atoms with E-state index >= 15 is 0 Å². The molecule has 0 unspecified atom stereocenters. The molecule has 0 radical (unpaired) electrons. The van der Waals surface area contributed by atoms with E-state index in [1.54, 1.807) is 12.5 Å². The van der Waals surface area contributed by atoms with Crippen LogP contribution in [0.5, 0.6) is 5.75 Å². The van der Waals surface area contributed by atoms with Gasteiger partial charge in [0.15, 0.2) is 6.61 Å². The molecule has 0 fully saturated rings. The Bertz CT molecular complexity index is 873. The van der Waals surface area contributed by atoms with E-state index in [0.717, 1.165) is 29.8 Å². The Balaban J connectivity index is 1.55. The van der Waals surface area contributed by atoms with Gasteiger partial charge in [-0.15, -0.1) is 0 Å². The number of nitrogens with zero attached hydrogens (tertiary/aromatic N) is 4. The lowest BCUT2D eigenvalue weighted by molar-refractivity contribution is 0.264. The maximum Gasteiger partial charge on any atom is 0.236 e. The lowest BCUT2D eigenvalue weighted by Crippen LogP contribution is -2.06. The Labute approximate surface area is 152 Å². The molecule has 7 nitrogen and oxygen atoms in total. The van der Waals surface area contributed by atoms with Crippen molar-refractivity contribution >= 4 is 5.88 Å². The fraction of sp³-hybridized carbons (Fsp3) is 0.316. The molecule has 0 spiro atoms. The molecule has 0 bridgehead atoms. The topological polar surface area (TPSA) is 88.9 Å². The molecule has 2 heterocycles. The highest BCUT2D eigenvalue weighted by Crippen LogP contribution is 2.20. The fourth-order valence-corrected chi connectivity index (χ4v) is 2.67. The second kappa shape index (κ2) is 8.21. The summed E-state index contributed by atoms with van der Waals surface area (Å²) in [7, 11) is 0. The minimum Gasteiger partial charge on any atom is -0.484 e. The van der Waals surface area contributed by atoms with E-state index in [4.69, 9.17) is 9.15 Å². The van der Waals surface area contributed by atoms with Gasteiger partial charge >= 0.3 is 0 Å². The molecule has 1 N–H and O–H groups in total. The van der Waals surface area contributed by atoms with E-state index in [1.807, 2.05) is 42.8 Å². The molecule has 3 aromatic rings. The highest BCUT2D eigenvalue weighted by molar-refractivity contribution is 5.45. The average Bonchev–Trinajstić information content (AvgIpc) is 3.25. The zero-order chi connectivity index (χ0) is 18.4. The molecule has 1 aromatic carbocycles. The Kier molecular flexibility index (Phi) is 5.54. The summed E-state index contributed by atoms with van der Waals surface area (Å²) in [5, 5.41) is 12.4. The summed E-state index contributed by atoms with van der Waals surface area (Å²) in [5.41, 5.74) is 2.50. The minimum atomic E-state index is 0.175. The molecule has 0 aliphatic carbocycles. The summed E-state index contributed by atoms with van der Waals surface area (Å²) in [6, 6.07) is 8.04. The van der Waals surface area contributed by atoms with Gasteiger partial charge in [0.05, 0.1) is 6.33 Å². The van der Waals surface area contributed by atoms with Crippen LogP contribution in [0.15, 0.2) is 41.3 Å². The van der Waals surface area contributed by atoms with Crippen molar-refractivity contribution in [1.29, 1.82) is 5.26 Å². The van der Waals surface area contributed by atoms with Crippen LogP contribution in [0.4, 0.5) is 5.88 Å². The SMILES string of the molecule is Cc1cc(C)cc(OCc2nc(C#N)c(NCCCn3ccnc3)o2)c1. The Morgan fingerprint density at radius 3 is 2.77 bits per heavy atom. The third-order valence-electron chi connectivity index (χ3n) is 3.77. The van der Waals surface area contributed by atoms with Gasteiger partial charge in [-0.1, -0.05) is 6.07 Å². The summed E-state index contributed by atoms with van der Waals surface area (Å²) in [6.07, 6.45) is 6.31. The molecular formula is C19H21N5O2. The van der Waals surface area contributed by atoms with Crippen LogP contribution in [0, 0.1) is 25.2 Å².